The summed E-state index contributed by atoms with van der Waals surface area (Å²) in [4.78, 5) is 22.8. The van der Waals surface area contributed by atoms with Gasteiger partial charge in [0.15, 0.2) is 0 Å². The Morgan fingerprint density at radius 2 is 1.72 bits per heavy atom. The fraction of sp³-hybridized carbons (Fsp3) is 0.889. The van der Waals surface area contributed by atoms with Gasteiger partial charge in [0.1, 0.15) is 0 Å². The second-order valence-electron chi connectivity index (χ2n) is 6.43. The minimum Gasteiger partial charge on any atom is -0.436 e. The number of carbonyl (C=O) groups excluding carboxylic acids is 2. The van der Waals surface area contributed by atoms with Crippen LogP contribution in [0.2, 0.25) is 0 Å². The lowest BCUT2D eigenvalue weighted by molar-refractivity contribution is -0.237. The van der Waals surface area contributed by atoms with Crippen molar-refractivity contribution in [3.8, 4) is 0 Å². The van der Waals surface area contributed by atoms with Crippen LogP contribution in [0.25, 0.3) is 0 Å². The third kappa shape index (κ3) is 11.9. The first kappa shape index (κ1) is 23.8. The lowest BCUT2D eigenvalue weighted by Gasteiger charge is -2.31. The predicted molar refractivity (Wildman–Crippen MR) is 94.7 cm³/mol. The van der Waals surface area contributed by atoms with Crippen molar-refractivity contribution in [1.82, 2.24) is 5.32 Å². The second-order valence-corrected chi connectivity index (χ2v) is 6.43. The van der Waals surface area contributed by atoms with Gasteiger partial charge in [-0.1, -0.05) is 33.6 Å². The van der Waals surface area contributed by atoms with Crippen molar-refractivity contribution in [1.29, 1.82) is 0 Å². The molecule has 0 aromatic heterocycles. The van der Waals surface area contributed by atoms with Crippen LogP contribution < -0.4 is 5.32 Å². The Morgan fingerprint density at radius 3 is 2.20 bits per heavy atom. The molecule has 2 N–H and O–H groups in total. The van der Waals surface area contributed by atoms with E-state index in [-0.39, 0.29) is 24.5 Å². The van der Waals surface area contributed by atoms with Crippen LogP contribution in [-0.2, 0) is 23.8 Å². The molecule has 0 spiro atoms. The monoisotopic (exact) mass is 361 g/mol. The molecule has 0 aliphatic rings. The molecule has 0 bridgehead atoms. The van der Waals surface area contributed by atoms with Gasteiger partial charge in [-0.2, -0.15) is 0 Å². The molecule has 0 aliphatic carbocycles. The third-order valence-corrected chi connectivity index (χ3v) is 3.68. The van der Waals surface area contributed by atoms with Gasteiger partial charge in [-0.05, 0) is 25.2 Å². The highest BCUT2D eigenvalue weighted by molar-refractivity contribution is 5.73. The number of ether oxygens (including phenoxy) is 3. The number of hydrogen-bond acceptors (Lipinski definition) is 6. The van der Waals surface area contributed by atoms with E-state index in [4.69, 9.17) is 19.3 Å². The van der Waals surface area contributed by atoms with Gasteiger partial charge in [-0.15, -0.1) is 0 Å². The summed E-state index contributed by atoms with van der Waals surface area (Å²) < 4.78 is 17.0. The maximum atomic E-state index is 11.4. The van der Waals surface area contributed by atoms with Crippen LogP contribution in [0, 0.1) is 5.92 Å². The zero-order valence-corrected chi connectivity index (χ0v) is 16.2. The zero-order chi connectivity index (χ0) is 19.2. The molecule has 25 heavy (non-hydrogen) atoms. The van der Waals surface area contributed by atoms with Gasteiger partial charge < -0.3 is 24.6 Å². The molecule has 0 saturated heterocycles. The van der Waals surface area contributed by atoms with E-state index in [1.165, 1.54) is 13.8 Å². The van der Waals surface area contributed by atoms with E-state index in [0.29, 0.717) is 6.61 Å². The summed E-state index contributed by atoms with van der Waals surface area (Å²) in [7, 11) is 0. The Hall–Kier alpha value is -1.18. The van der Waals surface area contributed by atoms with Gasteiger partial charge in [0.25, 0.3) is 0 Å². The number of amides is 1. The van der Waals surface area contributed by atoms with Crippen LogP contribution in [-0.4, -0.2) is 48.8 Å². The van der Waals surface area contributed by atoms with E-state index in [9.17, 15) is 9.59 Å². The molecule has 2 unspecified atom stereocenters. The number of nitrogens with one attached hydrogen (secondary N) is 1. The average Bonchev–Trinajstić information content (AvgIpc) is 2.51. The van der Waals surface area contributed by atoms with E-state index in [0.717, 1.165) is 32.1 Å². The maximum absolute atomic E-state index is 11.4. The van der Waals surface area contributed by atoms with Crippen LogP contribution in [0.1, 0.15) is 66.7 Å². The van der Waals surface area contributed by atoms with E-state index in [1.54, 1.807) is 0 Å². The van der Waals surface area contributed by atoms with Gasteiger partial charge in [0, 0.05) is 27.1 Å². The Balaban J connectivity index is 4.86. The molecule has 0 aromatic carbocycles. The summed E-state index contributed by atoms with van der Waals surface area (Å²) in [5.74, 6) is -0.587. The van der Waals surface area contributed by atoms with Crippen LogP contribution >= 0.6 is 0 Å². The number of aliphatic hydroxyl groups excluding tert-OH is 1. The van der Waals surface area contributed by atoms with Gasteiger partial charge >= 0.3 is 5.97 Å². The molecule has 0 radical (unpaired) electrons. The topological polar surface area (TPSA) is 94.1 Å². The fourth-order valence-corrected chi connectivity index (χ4v) is 2.39. The number of carbonyl (C=O) groups is 2. The molecule has 0 aromatic rings. The molecular formula is C18H35NO6. The molecule has 0 saturated carbocycles. The smallest absolute Gasteiger partial charge is 0.304 e. The van der Waals surface area contributed by atoms with Crippen LogP contribution in [0.4, 0.5) is 0 Å². The normalized spacial score (nSPS) is 14.8. The summed E-state index contributed by atoms with van der Waals surface area (Å²) in [6, 6.07) is 0. The summed E-state index contributed by atoms with van der Waals surface area (Å²) >= 11 is 0. The predicted octanol–water partition coefficient (Wildman–Crippen LogP) is 2.36. The van der Waals surface area contributed by atoms with Gasteiger partial charge in [-0.3, -0.25) is 9.59 Å². The first-order chi connectivity index (χ1) is 11.8. The number of aliphatic hydroxyl groups is 1. The van der Waals surface area contributed by atoms with Crippen molar-refractivity contribution in [3.05, 3.63) is 0 Å². The van der Waals surface area contributed by atoms with Crippen molar-refractivity contribution < 1.29 is 28.9 Å². The molecule has 0 heterocycles. The Kier molecular flexibility index (Phi) is 13.4. The van der Waals surface area contributed by atoms with Crippen molar-refractivity contribution in [2.45, 2.75) is 85.3 Å². The zero-order valence-electron chi connectivity index (χ0n) is 16.2. The summed E-state index contributed by atoms with van der Waals surface area (Å²) in [6.45, 7) is 9.33. The van der Waals surface area contributed by atoms with Gasteiger partial charge in [-0.25, -0.2) is 0 Å². The molecule has 7 heteroatoms. The van der Waals surface area contributed by atoms with Crippen molar-refractivity contribution in [3.63, 3.8) is 0 Å². The highest BCUT2D eigenvalue weighted by Crippen LogP contribution is 2.17. The number of rotatable bonds is 14. The number of unbranched alkanes of at least 4 members (excludes halogenated alkanes) is 3. The summed E-state index contributed by atoms with van der Waals surface area (Å²) in [6.07, 6.45) is 2.27. The van der Waals surface area contributed by atoms with E-state index in [2.05, 4.69) is 5.32 Å². The first-order valence-electron chi connectivity index (χ1n) is 9.14. The maximum Gasteiger partial charge on any atom is 0.304 e. The van der Waals surface area contributed by atoms with Gasteiger partial charge in [0.2, 0.25) is 18.4 Å². The Labute approximate surface area is 151 Å². The molecular weight excluding hydrogens is 326 g/mol. The van der Waals surface area contributed by atoms with Crippen molar-refractivity contribution in [2.75, 3.05) is 13.2 Å². The molecule has 0 fully saturated rings. The third-order valence-electron chi connectivity index (χ3n) is 3.68. The van der Waals surface area contributed by atoms with E-state index in [1.807, 2.05) is 20.8 Å². The van der Waals surface area contributed by atoms with E-state index < -0.39 is 18.5 Å². The summed E-state index contributed by atoms with van der Waals surface area (Å²) in [5.41, 5.74) is 0. The Bertz CT molecular complexity index is 359. The first-order valence-corrected chi connectivity index (χ1v) is 9.14. The SMILES string of the molecule is CCC(OC(OCCCCCCO)[C@@H](NC(C)=O)OC(C)=O)C(C)C. The highest BCUT2D eigenvalue weighted by Gasteiger charge is 2.30. The second kappa shape index (κ2) is 14.0. The lowest BCUT2D eigenvalue weighted by Crippen LogP contribution is -2.49. The van der Waals surface area contributed by atoms with Crippen molar-refractivity contribution >= 4 is 11.9 Å². The largest absolute Gasteiger partial charge is 0.436 e. The molecule has 1 amide bonds. The quantitative estimate of drug-likeness (QED) is 0.280. The molecule has 3 atom stereocenters. The molecule has 148 valence electrons. The minimum atomic E-state index is -0.986. The van der Waals surface area contributed by atoms with Crippen LogP contribution in [0.15, 0.2) is 0 Å². The number of esters is 1. The minimum absolute atomic E-state index is 0.0776. The fourth-order valence-electron chi connectivity index (χ4n) is 2.39. The van der Waals surface area contributed by atoms with E-state index >= 15 is 0 Å². The molecule has 0 aliphatic heterocycles. The Morgan fingerprint density at radius 1 is 1.08 bits per heavy atom. The molecule has 0 rings (SSSR count). The van der Waals surface area contributed by atoms with Crippen LogP contribution in [0.5, 0.6) is 0 Å². The average molecular weight is 361 g/mol. The summed E-state index contributed by atoms with van der Waals surface area (Å²) in [5, 5.41) is 11.4. The van der Waals surface area contributed by atoms with Gasteiger partial charge in [0.05, 0.1) is 6.10 Å². The molecule has 7 nitrogen and oxygen atoms in total. The standard InChI is InChI=1S/C18H35NO6/c1-6-16(13(2)3)25-18(23-12-10-8-7-9-11-20)17(19-14(4)21)24-15(5)22/h13,16-18,20H,6-12H2,1-5H3,(H,19,21)/t16?,17-,18?/m0/s1. The highest BCUT2D eigenvalue weighted by atomic mass is 16.7. The van der Waals surface area contributed by atoms with Crippen LogP contribution in [0.3, 0.4) is 0 Å². The van der Waals surface area contributed by atoms with Crippen molar-refractivity contribution in [2.24, 2.45) is 5.92 Å². The lowest BCUT2D eigenvalue weighted by atomic mass is 10.1. The number of hydrogen-bond donors (Lipinski definition) is 2.